The second-order valence-corrected chi connectivity index (χ2v) is 9.49. The number of nitrogens with zero attached hydrogens (tertiary/aromatic N) is 4. The van der Waals surface area contributed by atoms with E-state index in [9.17, 15) is 4.79 Å². The van der Waals surface area contributed by atoms with Crippen molar-refractivity contribution < 1.29 is 14.3 Å². The lowest BCUT2D eigenvalue weighted by atomic mass is 10.2. The molecule has 2 heterocycles. The van der Waals surface area contributed by atoms with Crippen LogP contribution in [0, 0.1) is 13.8 Å². The fraction of sp³-hybridized carbons (Fsp3) is 0.143. The van der Waals surface area contributed by atoms with Crippen molar-refractivity contribution in [1.29, 1.82) is 0 Å². The van der Waals surface area contributed by atoms with Crippen LogP contribution in [-0.2, 0) is 0 Å². The first-order valence-electron chi connectivity index (χ1n) is 11.8. The maximum atomic E-state index is 13.9. The molecule has 0 unspecified atom stereocenters. The highest BCUT2D eigenvalue weighted by atomic mass is 32.2. The number of aryl methyl sites for hydroxylation is 2. The van der Waals surface area contributed by atoms with Gasteiger partial charge in [0, 0.05) is 27.2 Å². The van der Waals surface area contributed by atoms with Crippen LogP contribution in [0.3, 0.4) is 0 Å². The molecule has 0 bridgehead atoms. The summed E-state index contributed by atoms with van der Waals surface area (Å²) >= 11 is 1.62. The Hall–Kier alpha value is -4.57. The zero-order chi connectivity index (χ0) is 26.6. The number of ether oxygens (including phenoxy) is 2. The monoisotopic (exact) mass is 526 g/mol. The number of hydrogen-bond donors (Lipinski definition) is 2. The normalized spacial score (nSPS) is 12.3. The predicted molar refractivity (Wildman–Crippen MR) is 149 cm³/mol. The lowest BCUT2D eigenvalue weighted by Crippen LogP contribution is -2.44. The van der Waals surface area contributed by atoms with E-state index >= 15 is 0 Å². The summed E-state index contributed by atoms with van der Waals surface area (Å²) in [5.74, 6) is 1.49. The van der Waals surface area contributed by atoms with Gasteiger partial charge in [-0.15, -0.1) is 0 Å². The number of carbonyl (C=O) groups is 1. The highest BCUT2D eigenvalue weighted by molar-refractivity contribution is 7.99. The molecule has 2 amide bonds. The van der Waals surface area contributed by atoms with E-state index in [1.54, 1.807) is 49.1 Å². The molecule has 3 aromatic carbocycles. The van der Waals surface area contributed by atoms with Crippen molar-refractivity contribution in [2.45, 2.75) is 23.6 Å². The third-order valence-electron chi connectivity index (χ3n) is 5.70. The molecule has 9 nitrogen and oxygen atoms in total. The third kappa shape index (κ3) is 5.25. The Labute approximate surface area is 224 Å². The zero-order valence-corrected chi connectivity index (χ0v) is 22.2. The number of aliphatic imine (C=N–C) groups is 1. The van der Waals surface area contributed by atoms with Crippen LogP contribution < -0.4 is 25.0 Å². The Bertz CT molecular complexity index is 1480. The molecule has 2 N–H and O–H groups in total. The summed E-state index contributed by atoms with van der Waals surface area (Å²) < 4.78 is 10.8. The highest BCUT2D eigenvalue weighted by Crippen LogP contribution is 2.47. The van der Waals surface area contributed by atoms with Crippen LogP contribution in [-0.4, -0.2) is 36.2 Å². The standard InChI is InChI=1S/C28H26N6O3S/c1-17-15-18(2)30-26(29-17)32-27(31-20-14-13-19(36-3)16-23(20)37-4)33-28(35)34-21-9-5-7-11-24(21)38-25-12-8-6-10-22(25)34/h5-16H,1-4H3,(H2,29,30,31,32,33,35). The van der Waals surface area contributed by atoms with Crippen LogP contribution >= 0.6 is 11.8 Å². The fourth-order valence-electron chi connectivity index (χ4n) is 4.05. The summed E-state index contributed by atoms with van der Waals surface area (Å²) in [6.45, 7) is 3.73. The molecule has 38 heavy (non-hydrogen) atoms. The number of aromatic nitrogens is 2. The molecule has 0 fully saturated rings. The number of hydrogen-bond acceptors (Lipinski definition) is 7. The maximum Gasteiger partial charge on any atom is 0.333 e. The molecule has 0 aliphatic carbocycles. The van der Waals surface area contributed by atoms with Gasteiger partial charge in [0.25, 0.3) is 5.95 Å². The topological polar surface area (TPSA) is 101 Å². The van der Waals surface area contributed by atoms with E-state index in [-0.39, 0.29) is 11.9 Å². The van der Waals surface area contributed by atoms with E-state index in [1.807, 2.05) is 68.4 Å². The van der Waals surface area contributed by atoms with Gasteiger partial charge in [-0.3, -0.25) is 10.2 Å². The molecular formula is C28H26N6O3S. The van der Waals surface area contributed by atoms with Gasteiger partial charge in [0.1, 0.15) is 11.5 Å². The van der Waals surface area contributed by atoms with Gasteiger partial charge in [0.15, 0.2) is 0 Å². The van der Waals surface area contributed by atoms with E-state index in [1.165, 1.54) is 0 Å². The van der Waals surface area contributed by atoms with E-state index in [2.05, 4.69) is 25.6 Å². The smallest absolute Gasteiger partial charge is 0.333 e. The minimum atomic E-state index is -0.395. The SMILES string of the molecule is COc1ccc(N/C(=N\c2nc(C)cc(C)n2)NC(=O)N2c3ccccc3Sc3ccccc32)c(OC)c1. The largest absolute Gasteiger partial charge is 0.497 e. The summed E-state index contributed by atoms with van der Waals surface area (Å²) in [6, 6.07) is 22.3. The summed E-state index contributed by atoms with van der Waals surface area (Å²) in [5, 5.41) is 6.11. The van der Waals surface area contributed by atoms with Crippen LogP contribution in [0.1, 0.15) is 11.4 Å². The van der Waals surface area contributed by atoms with Crippen molar-refractivity contribution in [1.82, 2.24) is 15.3 Å². The molecule has 1 aromatic heterocycles. The first-order valence-corrected chi connectivity index (χ1v) is 12.6. The molecule has 0 atom stereocenters. The van der Waals surface area contributed by atoms with Gasteiger partial charge < -0.3 is 14.8 Å². The Morgan fingerprint density at radius 1 is 0.868 bits per heavy atom. The number of fused-ring (bicyclic) bond motifs is 2. The molecule has 192 valence electrons. The summed E-state index contributed by atoms with van der Waals surface area (Å²) in [4.78, 5) is 30.9. The Balaban J connectivity index is 1.55. The number of anilines is 3. The van der Waals surface area contributed by atoms with Gasteiger partial charge in [0.05, 0.1) is 31.3 Å². The Kier molecular flexibility index (Phi) is 7.14. The van der Waals surface area contributed by atoms with Crippen LogP contribution in [0.15, 0.2) is 87.6 Å². The maximum absolute atomic E-state index is 13.9. The van der Waals surface area contributed by atoms with E-state index in [0.29, 0.717) is 17.2 Å². The molecular weight excluding hydrogens is 500 g/mol. The zero-order valence-electron chi connectivity index (χ0n) is 21.4. The van der Waals surface area contributed by atoms with Crippen LogP contribution in [0.4, 0.5) is 27.8 Å². The van der Waals surface area contributed by atoms with Gasteiger partial charge in [0.2, 0.25) is 5.96 Å². The van der Waals surface area contributed by atoms with Gasteiger partial charge in [-0.2, -0.15) is 4.99 Å². The molecule has 4 aromatic rings. The average Bonchev–Trinajstić information content (AvgIpc) is 2.91. The quantitative estimate of drug-likeness (QED) is 0.240. The first-order chi connectivity index (χ1) is 18.4. The van der Waals surface area contributed by atoms with Crippen LogP contribution in [0.2, 0.25) is 0 Å². The lowest BCUT2D eigenvalue weighted by Gasteiger charge is -2.31. The fourth-order valence-corrected chi connectivity index (χ4v) is 5.11. The van der Waals surface area contributed by atoms with Crippen LogP contribution in [0.25, 0.3) is 0 Å². The van der Waals surface area contributed by atoms with Crippen molar-refractivity contribution in [2.24, 2.45) is 4.99 Å². The van der Waals surface area contributed by atoms with Gasteiger partial charge >= 0.3 is 6.03 Å². The summed E-state index contributed by atoms with van der Waals surface area (Å²) in [7, 11) is 3.14. The number of para-hydroxylation sites is 2. The second-order valence-electron chi connectivity index (χ2n) is 8.41. The summed E-state index contributed by atoms with van der Waals surface area (Å²) in [5.41, 5.74) is 3.65. The molecule has 10 heteroatoms. The van der Waals surface area contributed by atoms with E-state index < -0.39 is 6.03 Å². The third-order valence-corrected chi connectivity index (χ3v) is 6.83. The van der Waals surface area contributed by atoms with Crippen molar-refractivity contribution in [3.05, 3.63) is 84.2 Å². The molecule has 0 spiro atoms. The molecule has 5 rings (SSSR count). The number of guanidine groups is 1. The second kappa shape index (κ2) is 10.8. The first kappa shape index (κ1) is 25.1. The average molecular weight is 527 g/mol. The number of carbonyl (C=O) groups excluding carboxylic acids is 1. The van der Waals surface area contributed by atoms with Crippen molar-refractivity contribution in [2.75, 3.05) is 24.4 Å². The number of benzene rings is 3. The van der Waals surface area contributed by atoms with Crippen molar-refractivity contribution in [3.8, 4) is 11.5 Å². The minimum Gasteiger partial charge on any atom is -0.497 e. The predicted octanol–water partition coefficient (Wildman–Crippen LogP) is 6.22. The van der Waals surface area contributed by atoms with Gasteiger partial charge in [-0.05, 0) is 56.3 Å². The number of amides is 2. The van der Waals surface area contributed by atoms with Crippen molar-refractivity contribution in [3.63, 3.8) is 0 Å². The molecule has 0 saturated heterocycles. The van der Waals surface area contributed by atoms with Crippen molar-refractivity contribution >= 4 is 46.8 Å². The Morgan fingerprint density at radius 3 is 2.11 bits per heavy atom. The van der Waals surface area contributed by atoms with E-state index in [4.69, 9.17) is 9.47 Å². The van der Waals surface area contributed by atoms with Gasteiger partial charge in [-0.1, -0.05) is 36.0 Å². The number of methoxy groups -OCH3 is 2. The minimum absolute atomic E-state index is 0.136. The number of urea groups is 1. The highest BCUT2D eigenvalue weighted by Gasteiger charge is 2.29. The molecule has 0 radical (unpaired) electrons. The van der Waals surface area contributed by atoms with Gasteiger partial charge in [-0.25, -0.2) is 14.8 Å². The van der Waals surface area contributed by atoms with E-state index in [0.717, 1.165) is 32.6 Å². The lowest BCUT2D eigenvalue weighted by molar-refractivity contribution is 0.252. The molecule has 1 aliphatic rings. The number of rotatable bonds is 4. The number of nitrogens with one attached hydrogen (secondary N) is 2. The van der Waals surface area contributed by atoms with Crippen LogP contribution in [0.5, 0.6) is 11.5 Å². The summed E-state index contributed by atoms with van der Waals surface area (Å²) in [6.07, 6.45) is 0. The molecule has 1 aliphatic heterocycles. The Morgan fingerprint density at radius 2 is 1.50 bits per heavy atom. The molecule has 0 saturated carbocycles.